The second kappa shape index (κ2) is 10.2. The van der Waals surface area contributed by atoms with Gasteiger partial charge in [0, 0.05) is 30.4 Å². The summed E-state index contributed by atoms with van der Waals surface area (Å²) in [5, 5.41) is 25.6. The van der Waals surface area contributed by atoms with E-state index in [2.05, 4.69) is 10.6 Å². The van der Waals surface area contributed by atoms with E-state index in [1.807, 2.05) is 11.0 Å². The van der Waals surface area contributed by atoms with E-state index >= 15 is 0 Å². The highest BCUT2D eigenvalue weighted by atomic mass is 16.6. The zero-order chi connectivity index (χ0) is 25.8. The monoisotopic (exact) mass is 479 g/mol. The lowest BCUT2D eigenvalue weighted by Gasteiger charge is -2.22. The van der Waals surface area contributed by atoms with Gasteiger partial charge in [-0.1, -0.05) is 0 Å². The summed E-state index contributed by atoms with van der Waals surface area (Å²) < 4.78 is 5.27. The summed E-state index contributed by atoms with van der Waals surface area (Å²) >= 11 is 0. The van der Waals surface area contributed by atoms with E-state index in [1.54, 1.807) is 26.8 Å². The Morgan fingerprint density at radius 3 is 2.46 bits per heavy atom. The quantitative estimate of drug-likeness (QED) is 0.276. The summed E-state index contributed by atoms with van der Waals surface area (Å²) in [6.45, 7) is 6.29. The fraction of sp³-hybridized carbons (Fsp3) is 0.333. The van der Waals surface area contributed by atoms with Gasteiger partial charge in [-0.15, -0.1) is 0 Å². The molecular formula is C24H25N5O6. The number of nitriles is 1. The van der Waals surface area contributed by atoms with Crippen LogP contribution in [0.3, 0.4) is 0 Å². The lowest BCUT2D eigenvalue weighted by Crippen LogP contribution is -2.40. The third-order valence-corrected chi connectivity index (χ3v) is 5.18. The number of carbonyl (C=O) groups is 3. The largest absolute Gasteiger partial charge is 0.444 e. The molecule has 182 valence electrons. The first-order valence-corrected chi connectivity index (χ1v) is 10.9. The number of rotatable bonds is 6. The molecule has 2 amide bonds. The molecule has 0 radical (unpaired) electrons. The minimum atomic E-state index is -1.03. The van der Waals surface area contributed by atoms with Crippen LogP contribution in [0, 0.1) is 21.4 Å². The molecule has 35 heavy (non-hydrogen) atoms. The van der Waals surface area contributed by atoms with Gasteiger partial charge < -0.3 is 20.3 Å². The van der Waals surface area contributed by atoms with E-state index in [0.29, 0.717) is 30.8 Å². The highest BCUT2D eigenvalue weighted by Gasteiger charge is 2.28. The maximum Gasteiger partial charge on any atom is 0.407 e. The Morgan fingerprint density at radius 1 is 1.17 bits per heavy atom. The van der Waals surface area contributed by atoms with E-state index in [4.69, 9.17) is 10.00 Å². The predicted molar refractivity (Wildman–Crippen MR) is 127 cm³/mol. The Hall–Kier alpha value is -4.46. The second-order valence-corrected chi connectivity index (χ2v) is 9.01. The highest BCUT2D eigenvalue weighted by molar-refractivity contribution is 6.46. The van der Waals surface area contributed by atoms with Crippen LogP contribution in [0.25, 0.3) is 0 Å². The molecule has 0 spiro atoms. The summed E-state index contributed by atoms with van der Waals surface area (Å²) in [5.74, 6) is -1.92. The molecule has 1 heterocycles. The number of hydrogen-bond acceptors (Lipinski definition) is 8. The zero-order valence-corrected chi connectivity index (χ0v) is 19.5. The van der Waals surface area contributed by atoms with E-state index in [0.717, 1.165) is 0 Å². The third kappa shape index (κ3) is 6.54. The van der Waals surface area contributed by atoms with E-state index in [9.17, 15) is 24.5 Å². The Labute approximate surface area is 201 Å². The van der Waals surface area contributed by atoms with Gasteiger partial charge in [0.05, 0.1) is 22.6 Å². The molecule has 1 saturated heterocycles. The molecule has 0 saturated carbocycles. The fourth-order valence-corrected chi connectivity index (χ4v) is 3.57. The number of nitro groups is 1. The number of carbonyl (C=O) groups excluding carboxylic acids is 3. The molecule has 0 unspecified atom stereocenters. The number of benzene rings is 2. The van der Waals surface area contributed by atoms with Crippen molar-refractivity contribution in [3.63, 3.8) is 0 Å². The van der Waals surface area contributed by atoms with Crippen LogP contribution in [0.5, 0.6) is 0 Å². The van der Waals surface area contributed by atoms with Crippen LogP contribution < -0.4 is 15.5 Å². The van der Waals surface area contributed by atoms with Gasteiger partial charge in [0.1, 0.15) is 11.3 Å². The maximum atomic E-state index is 12.4. The summed E-state index contributed by atoms with van der Waals surface area (Å²) in [6.07, 6.45) is 0.102. The van der Waals surface area contributed by atoms with E-state index in [-0.39, 0.29) is 23.0 Å². The van der Waals surface area contributed by atoms with Gasteiger partial charge in [-0.2, -0.15) is 5.26 Å². The van der Waals surface area contributed by atoms with Crippen molar-refractivity contribution in [3.05, 3.63) is 63.7 Å². The molecule has 0 aromatic heterocycles. The molecule has 2 aromatic rings. The van der Waals surface area contributed by atoms with Crippen molar-refractivity contribution in [3.8, 4) is 6.07 Å². The van der Waals surface area contributed by atoms with Crippen LogP contribution in [-0.2, 0) is 9.53 Å². The Bertz CT molecular complexity index is 1200. The Balaban J connectivity index is 1.69. The molecule has 3 rings (SSSR count). The number of alkyl carbamates (subject to hydrolysis) is 1. The van der Waals surface area contributed by atoms with Gasteiger partial charge >= 0.3 is 6.09 Å². The molecule has 1 atom stereocenters. The summed E-state index contributed by atoms with van der Waals surface area (Å²) in [7, 11) is 0. The van der Waals surface area contributed by atoms with Crippen LogP contribution >= 0.6 is 0 Å². The molecular weight excluding hydrogens is 454 g/mol. The van der Waals surface area contributed by atoms with Gasteiger partial charge in [0.25, 0.3) is 17.4 Å². The number of Topliss-reactive ketones (excluding diaryl/α,β-unsaturated/α-hetero) is 1. The number of ether oxygens (including phenoxy) is 1. The molecule has 1 fully saturated rings. The predicted octanol–water partition coefficient (Wildman–Crippen LogP) is 3.39. The van der Waals surface area contributed by atoms with Crippen molar-refractivity contribution in [1.29, 1.82) is 5.26 Å². The van der Waals surface area contributed by atoms with Crippen molar-refractivity contribution in [2.75, 3.05) is 23.3 Å². The van der Waals surface area contributed by atoms with Gasteiger partial charge in [-0.25, -0.2) is 4.79 Å². The Kier molecular flexibility index (Phi) is 7.34. The van der Waals surface area contributed by atoms with Crippen LogP contribution in [0.2, 0.25) is 0 Å². The van der Waals surface area contributed by atoms with Crippen molar-refractivity contribution in [1.82, 2.24) is 5.32 Å². The molecule has 0 aliphatic carbocycles. The van der Waals surface area contributed by atoms with Gasteiger partial charge in [0.15, 0.2) is 0 Å². The molecule has 11 heteroatoms. The molecule has 2 aromatic carbocycles. The molecule has 1 aliphatic rings. The maximum absolute atomic E-state index is 12.4. The number of hydrogen-bond donors (Lipinski definition) is 2. The average molecular weight is 479 g/mol. The number of amides is 2. The van der Waals surface area contributed by atoms with Gasteiger partial charge in [-0.05, 0) is 63.6 Å². The zero-order valence-electron chi connectivity index (χ0n) is 19.5. The van der Waals surface area contributed by atoms with Gasteiger partial charge in [0.2, 0.25) is 0 Å². The summed E-state index contributed by atoms with van der Waals surface area (Å²) in [4.78, 5) is 49.7. The van der Waals surface area contributed by atoms with Gasteiger partial charge in [-0.3, -0.25) is 19.7 Å². The van der Waals surface area contributed by atoms with Crippen LogP contribution in [-0.4, -0.2) is 47.4 Å². The summed E-state index contributed by atoms with van der Waals surface area (Å²) in [6, 6.07) is 11.5. The topological polar surface area (TPSA) is 155 Å². The minimum absolute atomic E-state index is 0.0568. The number of nitrogens with zero attached hydrogens (tertiary/aromatic N) is 3. The average Bonchev–Trinajstić information content (AvgIpc) is 3.25. The van der Waals surface area contributed by atoms with E-state index < -0.39 is 28.3 Å². The van der Waals surface area contributed by atoms with Crippen LogP contribution in [0.1, 0.15) is 43.1 Å². The molecule has 2 N–H and O–H groups in total. The Morgan fingerprint density at radius 2 is 1.86 bits per heavy atom. The van der Waals surface area contributed by atoms with E-state index in [1.165, 1.54) is 36.4 Å². The summed E-state index contributed by atoms with van der Waals surface area (Å²) in [5.41, 5.74) is -0.174. The SMILES string of the molecule is CC(C)(C)OC(=O)N[C@H]1CCN(c2ccc(NC(=O)C(=O)c3ccc(C#N)cc3)c([N+](=O)[O-])c2)C1. The second-order valence-electron chi connectivity index (χ2n) is 9.01. The third-order valence-electron chi connectivity index (χ3n) is 5.18. The van der Waals surface area contributed by atoms with Crippen molar-refractivity contribution >= 4 is 34.8 Å². The number of nitrogens with one attached hydrogen (secondary N) is 2. The first kappa shape index (κ1) is 25.2. The minimum Gasteiger partial charge on any atom is -0.444 e. The van der Waals surface area contributed by atoms with Crippen LogP contribution in [0.15, 0.2) is 42.5 Å². The number of ketones is 1. The van der Waals surface area contributed by atoms with Crippen LogP contribution in [0.4, 0.5) is 21.9 Å². The fourth-order valence-electron chi connectivity index (χ4n) is 3.57. The van der Waals surface area contributed by atoms with Crippen molar-refractivity contribution in [2.45, 2.75) is 38.8 Å². The smallest absolute Gasteiger partial charge is 0.407 e. The molecule has 1 aliphatic heterocycles. The highest BCUT2D eigenvalue weighted by Crippen LogP contribution is 2.31. The standard InChI is InChI=1S/C24H25N5O6/c1-24(2,3)35-23(32)26-17-10-11-28(14-17)18-8-9-19(20(12-18)29(33)34)27-22(31)21(30)16-6-4-15(13-25)5-7-16/h4-9,12,17H,10-11,14H2,1-3H3,(H,26,32)(H,27,31)/t17-/m0/s1. The first-order chi connectivity index (χ1) is 16.5. The molecule has 11 nitrogen and oxygen atoms in total. The number of anilines is 2. The molecule has 0 bridgehead atoms. The lowest BCUT2D eigenvalue weighted by atomic mass is 10.1. The first-order valence-electron chi connectivity index (χ1n) is 10.9. The number of nitro benzene ring substituents is 1. The van der Waals surface area contributed by atoms with Crippen molar-refractivity contribution in [2.24, 2.45) is 0 Å². The normalized spacial score (nSPS) is 15.1. The lowest BCUT2D eigenvalue weighted by molar-refractivity contribution is -0.383. The van der Waals surface area contributed by atoms with Crippen molar-refractivity contribution < 1.29 is 24.0 Å².